The molecule has 55 heavy (non-hydrogen) atoms. The zero-order valence-electron chi connectivity index (χ0n) is 31.3. The molecule has 8 aliphatic rings. The van der Waals surface area contributed by atoms with Gasteiger partial charge in [-0.15, -0.1) is 0 Å². The molecule has 15 rings (SSSR count). The van der Waals surface area contributed by atoms with Crippen LogP contribution in [0.3, 0.4) is 0 Å². The maximum atomic E-state index is 6.64. The molecule has 3 unspecified atom stereocenters. The lowest BCUT2D eigenvalue weighted by atomic mass is 9.43. The van der Waals surface area contributed by atoms with Crippen molar-refractivity contribution in [2.45, 2.75) is 68.6 Å². The monoisotopic (exact) mass is 711 g/mol. The third-order valence-electron chi connectivity index (χ3n) is 16.7. The molecule has 0 amide bonds. The number of furan rings is 1. The number of anilines is 3. The van der Waals surface area contributed by atoms with Gasteiger partial charge in [0.05, 0.1) is 5.69 Å². The first-order valence-electron chi connectivity index (χ1n) is 21.4. The van der Waals surface area contributed by atoms with Crippen molar-refractivity contribution in [3.05, 3.63) is 150 Å². The highest BCUT2D eigenvalue weighted by atomic mass is 16.3. The van der Waals surface area contributed by atoms with Crippen molar-refractivity contribution in [3.63, 3.8) is 0 Å². The second-order valence-corrected chi connectivity index (χ2v) is 18.9. The van der Waals surface area contributed by atoms with E-state index in [1.54, 1.807) is 22.3 Å². The molecule has 6 aromatic carbocycles. The molecule has 3 atom stereocenters. The lowest BCUT2D eigenvalue weighted by Crippen LogP contribution is -2.55. The quantitative estimate of drug-likeness (QED) is 0.181. The van der Waals surface area contributed by atoms with Gasteiger partial charge < -0.3 is 9.32 Å². The molecule has 0 radical (unpaired) electrons. The zero-order chi connectivity index (χ0) is 35.6. The van der Waals surface area contributed by atoms with Crippen LogP contribution in [0.15, 0.2) is 132 Å². The van der Waals surface area contributed by atoms with Crippen molar-refractivity contribution in [1.82, 2.24) is 0 Å². The van der Waals surface area contributed by atoms with Gasteiger partial charge in [0, 0.05) is 39.0 Å². The molecule has 6 saturated carbocycles. The van der Waals surface area contributed by atoms with Crippen LogP contribution in [0.1, 0.15) is 80.0 Å². The van der Waals surface area contributed by atoms with E-state index in [1.165, 1.54) is 108 Å². The molecule has 0 saturated heterocycles. The van der Waals surface area contributed by atoms with Gasteiger partial charge in [-0.2, -0.15) is 0 Å². The average molecular weight is 712 g/mol. The van der Waals surface area contributed by atoms with Gasteiger partial charge in [0.1, 0.15) is 11.2 Å². The Morgan fingerprint density at radius 2 is 1.13 bits per heavy atom. The number of hydrogen-bond acceptors (Lipinski definition) is 2. The van der Waals surface area contributed by atoms with Crippen LogP contribution in [-0.2, 0) is 10.8 Å². The molecule has 0 N–H and O–H groups in total. The second-order valence-electron chi connectivity index (χ2n) is 18.9. The van der Waals surface area contributed by atoms with Gasteiger partial charge in [-0.1, -0.05) is 91.3 Å². The first kappa shape index (κ1) is 30.2. The van der Waals surface area contributed by atoms with E-state index >= 15 is 0 Å². The van der Waals surface area contributed by atoms with Crippen molar-refractivity contribution in [2.24, 2.45) is 35.5 Å². The number of para-hydroxylation sites is 1. The molecule has 2 heteroatoms. The molecule has 7 aromatic rings. The number of hydrogen-bond donors (Lipinski definition) is 0. The van der Waals surface area contributed by atoms with Crippen molar-refractivity contribution >= 4 is 39.0 Å². The molecule has 6 bridgehead atoms. The molecule has 2 nitrogen and oxygen atoms in total. The number of nitrogens with zero attached hydrogens (tertiary/aromatic N) is 1. The summed E-state index contributed by atoms with van der Waals surface area (Å²) in [5.41, 5.74) is 18.2. The Labute approximate surface area is 323 Å². The third-order valence-corrected chi connectivity index (χ3v) is 16.7. The SMILES string of the molecule is c1ccc2c(c1)-c1ccc(N(c3ccc4c(c3)oc3ccccc34)c3cccc4c3C3(c5ccccc5-4)C4CC5CC(C4)CC3C5)cc1C21CC2CCC1C2. The summed E-state index contributed by atoms with van der Waals surface area (Å²) in [4.78, 5) is 2.67. The summed E-state index contributed by atoms with van der Waals surface area (Å²) < 4.78 is 6.64. The first-order chi connectivity index (χ1) is 27.2. The lowest BCUT2D eigenvalue weighted by Gasteiger charge is -2.61. The highest BCUT2D eigenvalue weighted by Crippen LogP contribution is 2.71. The normalized spacial score (nSPS) is 31.1. The van der Waals surface area contributed by atoms with Gasteiger partial charge in [-0.05, 0) is 168 Å². The van der Waals surface area contributed by atoms with Gasteiger partial charge in [0.2, 0.25) is 0 Å². The molecular formula is C53H45NO. The predicted octanol–water partition coefficient (Wildman–Crippen LogP) is 13.9. The molecule has 6 fully saturated rings. The van der Waals surface area contributed by atoms with E-state index in [-0.39, 0.29) is 10.8 Å². The van der Waals surface area contributed by atoms with Crippen LogP contribution in [-0.4, -0.2) is 0 Å². The highest BCUT2D eigenvalue weighted by Gasteiger charge is 2.63. The van der Waals surface area contributed by atoms with Gasteiger partial charge in [0.15, 0.2) is 0 Å². The van der Waals surface area contributed by atoms with E-state index in [9.17, 15) is 0 Å². The van der Waals surface area contributed by atoms with Gasteiger partial charge in [0.25, 0.3) is 0 Å². The third kappa shape index (κ3) is 3.64. The Hall–Kier alpha value is -5.08. The first-order valence-corrected chi connectivity index (χ1v) is 21.4. The van der Waals surface area contributed by atoms with E-state index < -0.39 is 0 Å². The Morgan fingerprint density at radius 1 is 0.473 bits per heavy atom. The minimum absolute atomic E-state index is 0.0520. The van der Waals surface area contributed by atoms with Crippen LogP contribution in [0.5, 0.6) is 0 Å². The van der Waals surface area contributed by atoms with E-state index in [0.717, 1.165) is 34.8 Å². The molecule has 8 aliphatic carbocycles. The zero-order valence-corrected chi connectivity index (χ0v) is 31.3. The van der Waals surface area contributed by atoms with Crippen LogP contribution < -0.4 is 4.90 Å². The maximum Gasteiger partial charge on any atom is 0.137 e. The van der Waals surface area contributed by atoms with Gasteiger partial charge in [-0.25, -0.2) is 0 Å². The van der Waals surface area contributed by atoms with Crippen LogP contribution in [0.2, 0.25) is 0 Å². The summed E-state index contributed by atoms with van der Waals surface area (Å²) in [5.74, 6) is 4.76. The number of benzene rings is 6. The van der Waals surface area contributed by atoms with Crippen molar-refractivity contribution in [1.29, 1.82) is 0 Å². The summed E-state index contributed by atoms with van der Waals surface area (Å²) in [6, 6.07) is 49.5. The largest absolute Gasteiger partial charge is 0.456 e. The Balaban J connectivity index is 1.05. The van der Waals surface area contributed by atoms with Gasteiger partial charge >= 0.3 is 0 Å². The molecule has 0 aliphatic heterocycles. The minimum atomic E-state index is 0.0520. The smallest absolute Gasteiger partial charge is 0.137 e. The van der Waals surface area contributed by atoms with E-state index in [1.807, 2.05) is 0 Å². The Morgan fingerprint density at radius 3 is 1.93 bits per heavy atom. The molecule has 2 spiro atoms. The Bertz CT molecular complexity index is 2760. The van der Waals surface area contributed by atoms with E-state index in [2.05, 4.69) is 132 Å². The van der Waals surface area contributed by atoms with Crippen LogP contribution in [0.4, 0.5) is 17.1 Å². The fraction of sp³-hybridized carbons (Fsp3) is 0.321. The van der Waals surface area contributed by atoms with Crippen LogP contribution in [0.25, 0.3) is 44.2 Å². The Kier molecular flexibility index (Phi) is 5.71. The summed E-state index contributed by atoms with van der Waals surface area (Å²) in [5, 5.41) is 2.38. The summed E-state index contributed by atoms with van der Waals surface area (Å²) in [7, 11) is 0. The van der Waals surface area contributed by atoms with Crippen LogP contribution in [0, 0.1) is 35.5 Å². The second kappa shape index (κ2) is 10.4. The lowest BCUT2D eigenvalue weighted by molar-refractivity contribution is -0.0397. The van der Waals surface area contributed by atoms with E-state index in [0.29, 0.717) is 11.8 Å². The fourth-order valence-corrected chi connectivity index (χ4v) is 15.2. The van der Waals surface area contributed by atoms with E-state index in [4.69, 9.17) is 4.42 Å². The van der Waals surface area contributed by atoms with Crippen LogP contribution >= 0.6 is 0 Å². The molecule has 268 valence electrons. The fourth-order valence-electron chi connectivity index (χ4n) is 15.2. The molecular weight excluding hydrogens is 667 g/mol. The highest BCUT2D eigenvalue weighted by molar-refractivity contribution is 6.06. The number of rotatable bonds is 3. The standard InChI is InChI=1S/C53H45NO/c1-4-12-45-39(8-1)41-20-18-37(28-47(41)52(45)30-31-16-17-34(52)23-31)54(38-19-21-43-42-10-3-6-15-49(42)55-50(43)29-38)48-14-7-11-44-40-9-2-5-13-46(40)53(51(44)48)35-24-32-22-33(26-35)27-36(53)25-32/h1-15,18-21,28-29,31-36H,16-17,22-27,30H2. The molecule has 1 heterocycles. The van der Waals surface area contributed by atoms with Crippen molar-refractivity contribution in [3.8, 4) is 22.3 Å². The predicted molar refractivity (Wildman–Crippen MR) is 223 cm³/mol. The maximum absolute atomic E-state index is 6.64. The summed E-state index contributed by atoms with van der Waals surface area (Å²) >= 11 is 0. The average Bonchev–Trinajstić information content (AvgIpc) is 4.04. The minimum Gasteiger partial charge on any atom is -0.456 e. The molecule has 1 aromatic heterocycles. The van der Waals surface area contributed by atoms with Crippen molar-refractivity contribution in [2.75, 3.05) is 4.90 Å². The summed E-state index contributed by atoms with van der Waals surface area (Å²) in [6.07, 6.45) is 12.4. The van der Waals surface area contributed by atoms with Gasteiger partial charge in [-0.3, -0.25) is 0 Å². The summed E-state index contributed by atoms with van der Waals surface area (Å²) in [6.45, 7) is 0. The topological polar surface area (TPSA) is 16.4 Å². The number of fused-ring (bicyclic) bond motifs is 14. The van der Waals surface area contributed by atoms with Crippen molar-refractivity contribution < 1.29 is 4.42 Å².